The summed E-state index contributed by atoms with van der Waals surface area (Å²) in [6, 6.07) is 6.65. The van der Waals surface area contributed by atoms with Crippen LogP contribution < -0.4 is 20.7 Å². The monoisotopic (exact) mass is 309 g/mol. The van der Waals surface area contributed by atoms with Crippen molar-refractivity contribution in [2.45, 2.75) is 11.8 Å². The van der Waals surface area contributed by atoms with E-state index in [9.17, 15) is 8.42 Å². The molecule has 0 aliphatic rings. The van der Waals surface area contributed by atoms with Gasteiger partial charge in [0.15, 0.2) is 0 Å². The van der Waals surface area contributed by atoms with Gasteiger partial charge in [0.1, 0.15) is 10.6 Å². The van der Waals surface area contributed by atoms with E-state index >= 15 is 0 Å². The highest BCUT2D eigenvalue weighted by molar-refractivity contribution is 7.92. The lowest BCUT2D eigenvalue weighted by Crippen LogP contribution is -2.15. The number of rotatable bonds is 6. The number of ether oxygens (including phenoxy) is 1. The number of nitrogens with zero attached hydrogens (tertiary/aromatic N) is 2. The molecule has 1 aromatic carbocycles. The fraction of sp³-hybridized carbons (Fsp3) is 0.167. The molecule has 0 spiro atoms. The standard InChI is InChI=1S/C12H15N5O3S/c1-2-20-10-5-3-4-9(6-10)17-21(18,19)11-7-14-12(16-13)15-8-11/h3-8,17H,2,13H2,1H3,(H,14,15,16). The lowest BCUT2D eigenvalue weighted by Gasteiger charge is -2.09. The van der Waals surface area contributed by atoms with Gasteiger partial charge in [0.2, 0.25) is 5.95 Å². The first-order valence-electron chi connectivity index (χ1n) is 6.09. The Kier molecular flexibility index (Phi) is 4.55. The number of hydrogen-bond acceptors (Lipinski definition) is 7. The van der Waals surface area contributed by atoms with Crippen molar-refractivity contribution < 1.29 is 13.2 Å². The number of hydrazine groups is 1. The number of hydrogen-bond donors (Lipinski definition) is 3. The molecule has 0 aliphatic heterocycles. The van der Waals surface area contributed by atoms with Crippen LogP contribution in [-0.4, -0.2) is 25.0 Å². The van der Waals surface area contributed by atoms with Crippen LogP contribution in [0.3, 0.4) is 0 Å². The smallest absolute Gasteiger partial charge is 0.264 e. The second kappa shape index (κ2) is 6.37. The van der Waals surface area contributed by atoms with E-state index in [1.54, 1.807) is 24.3 Å². The molecule has 0 unspecified atom stereocenters. The van der Waals surface area contributed by atoms with Crippen LogP contribution in [0, 0.1) is 0 Å². The summed E-state index contributed by atoms with van der Waals surface area (Å²) in [7, 11) is -3.77. The number of nitrogens with two attached hydrogens (primary N) is 1. The molecule has 0 amide bonds. The van der Waals surface area contributed by atoms with E-state index in [4.69, 9.17) is 10.6 Å². The SMILES string of the molecule is CCOc1cccc(NS(=O)(=O)c2cnc(NN)nc2)c1. The van der Waals surface area contributed by atoms with E-state index in [1.165, 1.54) is 0 Å². The van der Waals surface area contributed by atoms with E-state index in [2.05, 4.69) is 20.1 Å². The van der Waals surface area contributed by atoms with Crippen LogP contribution in [0.2, 0.25) is 0 Å². The van der Waals surface area contributed by atoms with Gasteiger partial charge in [-0.2, -0.15) is 0 Å². The van der Waals surface area contributed by atoms with Crippen LogP contribution in [0.1, 0.15) is 6.92 Å². The first-order chi connectivity index (χ1) is 10.0. The summed E-state index contributed by atoms with van der Waals surface area (Å²) in [5, 5.41) is 0. The lowest BCUT2D eigenvalue weighted by molar-refractivity contribution is 0.340. The van der Waals surface area contributed by atoms with Crippen molar-refractivity contribution >= 4 is 21.7 Å². The number of benzene rings is 1. The van der Waals surface area contributed by atoms with Crippen LogP contribution in [0.15, 0.2) is 41.6 Å². The van der Waals surface area contributed by atoms with Gasteiger partial charge in [-0.3, -0.25) is 10.1 Å². The molecule has 9 heteroatoms. The molecule has 0 bridgehead atoms. The maximum Gasteiger partial charge on any atom is 0.264 e. The molecule has 1 aromatic heterocycles. The third kappa shape index (κ3) is 3.80. The topological polar surface area (TPSA) is 119 Å². The van der Waals surface area contributed by atoms with Crippen molar-refractivity contribution in [3.63, 3.8) is 0 Å². The first-order valence-corrected chi connectivity index (χ1v) is 7.58. The molecule has 8 nitrogen and oxygen atoms in total. The average molecular weight is 309 g/mol. The Balaban J connectivity index is 2.21. The van der Waals surface area contributed by atoms with E-state index in [-0.39, 0.29) is 10.8 Å². The minimum absolute atomic E-state index is 0.0664. The van der Waals surface area contributed by atoms with Crippen molar-refractivity contribution in [1.82, 2.24) is 9.97 Å². The summed E-state index contributed by atoms with van der Waals surface area (Å²) in [4.78, 5) is 7.46. The van der Waals surface area contributed by atoms with Crippen LogP contribution in [-0.2, 0) is 10.0 Å². The number of aromatic nitrogens is 2. The highest BCUT2D eigenvalue weighted by Crippen LogP contribution is 2.20. The predicted octanol–water partition coefficient (Wildman–Crippen LogP) is 0.962. The van der Waals surface area contributed by atoms with E-state index < -0.39 is 10.0 Å². The van der Waals surface area contributed by atoms with Gasteiger partial charge in [-0.15, -0.1) is 0 Å². The van der Waals surface area contributed by atoms with Gasteiger partial charge >= 0.3 is 0 Å². The molecule has 1 heterocycles. The molecular weight excluding hydrogens is 294 g/mol. The third-order valence-electron chi connectivity index (χ3n) is 2.46. The quantitative estimate of drug-likeness (QED) is 0.537. The van der Waals surface area contributed by atoms with Gasteiger partial charge in [0.05, 0.1) is 24.7 Å². The van der Waals surface area contributed by atoms with Gasteiger partial charge in [0, 0.05) is 6.07 Å². The third-order valence-corrected chi connectivity index (χ3v) is 3.80. The number of anilines is 2. The Morgan fingerprint density at radius 3 is 2.62 bits per heavy atom. The summed E-state index contributed by atoms with van der Waals surface area (Å²) >= 11 is 0. The fourth-order valence-electron chi connectivity index (χ4n) is 1.56. The molecule has 0 atom stereocenters. The van der Waals surface area contributed by atoms with Gasteiger partial charge in [-0.25, -0.2) is 24.2 Å². The van der Waals surface area contributed by atoms with Gasteiger partial charge in [0.25, 0.3) is 10.0 Å². The second-order valence-electron chi connectivity index (χ2n) is 3.95. The van der Waals surface area contributed by atoms with Crippen molar-refractivity contribution in [2.24, 2.45) is 5.84 Å². The van der Waals surface area contributed by atoms with Gasteiger partial charge < -0.3 is 4.74 Å². The maximum atomic E-state index is 12.2. The molecule has 2 rings (SSSR count). The van der Waals surface area contributed by atoms with Crippen LogP contribution >= 0.6 is 0 Å². The summed E-state index contributed by atoms with van der Waals surface area (Å²) in [5.74, 6) is 5.84. The molecule has 0 aliphatic carbocycles. The second-order valence-corrected chi connectivity index (χ2v) is 5.64. The van der Waals surface area contributed by atoms with Crippen molar-refractivity contribution in [3.8, 4) is 5.75 Å². The Morgan fingerprint density at radius 1 is 1.29 bits per heavy atom. The zero-order chi connectivity index (χ0) is 15.3. The van der Waals surface area contributed by atoms with Gasteiger partial charge in [-0.05, 0) is 19.1 Å². The van der Waals surface area contributed by atoms with E-state index in [1.807, 2.05) is 6.92 Å². The predicted molar refractivity (Wildman–Crippen MR) is 78.3 cm³/mol. The number of sulfonamides is 1. The first kappa shape index (κ1) is 15.0. The Labute approximate surface area is 122 Å². The molecule has 112 valence electrons. The largest absolute Gasteiger partial charge is 0.494 e. The summed E-state index contributed by atoms with van der Waals surface area (Å²) in [6.45, 7) is 2.35. The zero-order valence-electron chi connectivity index (χ0n) is 11.3. The van der Waals surface area contributed by atoms with Crippen molar-refractivity contribution in [3.05, 3.63) is 36.7 Å². The molecule has 0 radical (unpaired) electrons. The van der Waals surface area contributed by atoms with Crippen LogP contribution in [0.25, 0.3) is 0 Å². The average Bonchev–Trinajstić information content (AvgIpc) is 2.47. The van der Waals surface area contributed by atoms with Gasteiger partial charge in [-0.1, -0.05) is 6.07 Å². The highest BCUT2D eigenvalue weighted by Gasteiger charge is 2.15. The minimum atomic E-state index is -3.77. The molecule has 0 saturated carbocycles. The summed E-state index contributed by atoms with van der Waals surface area (Å²) in [6.07, 6.45) is 2.33. The normalized spacial score (nSPS) is 11.0. The Hall–Kier alpha value is -2.39. The van der Waals surface area contributed by atoms with E-state index in [0.29, 0.717) is 18.0 Å². The molecule has 2 aromatic rings. The number of nitrogens with one attached hydrogen (secondary N) is 2. The molecule has 4 N–H and O–H groups in total. The summed E-state index contributed by atoms with van der Waals surface area (Å²) < 4.78 is 32.1. The minimum Gasteiger partial charge on any atom is -0.494 e. The van der Waals surface area contributed by atoms with Crippen molar-refractivity contribution in [2.75, 3.05) is 16.8 Å². The Bertz CT molecular complexity index is 703. The summed E-state index contributed by atoms with van der Waals surface area (Å²) in [5.41, 5.74) is 2.61. The highest BCUT2D eigenvalue weighted by atomic mass is 32.2. The molecular formula is C12H15N5O3S. The fourth-order valence-corrected chi connectivity index (χ4v) is 2.50. The zero-order valence-corrected chi connectivity index (χ0v) is 12.1. The molecule has 21 heavy (non-hydrogen) atoms. The lowest BCUT2D eigenvalue weighted by atomic mass is 10.3. The van der Waals surface area contributed by atoms with E-state index in [0.717, 1.165) is 12.4 Å². The van der Waals surface area contributed by atoms with Crippen LogP contribution in [0.5, 0.6) is 5.75 Å². The number of nitrogen functional groups attached to an aromatic ring is 1. The Morgan fingerprint density at radius 2 is 2.00 bits per heavy atom. The molecule has 0 saturated heterocycles. The van der Waals surface area contributed by atoms with Crippen LogP contribution in [0.4, 0.5) is 11.6 Å². The molecule has 0 fully saturated rings. The van der Waals surface area contributed by atoms with Crippen molar-refractivity contribution in [1.29, 1.82) is 0 Å². The maximum absolute atomic E-state index is 12.2.